The number of nitrogens with one attached hydrogen (secondary N) is 1. The van der Waals surface area contributed by atoms with Crippen molar-refractivity contribution in [2.45, 2.75) is 11.3 Å². The highest BCUT2D eigenvalue weighted by Gasteiger charge is 2.31. The van der Waals surface area contributed by atoms with Crippen LogP contribution in [0, 0.1) is 0 Å². The fourth-order valence-corrected chi connectivity index (χ4v) is 1.31. The minimum Gasteiger partial charge on any atom is -0.406 e. The van der Waals surface area contributed by atoms with Crippen molar-refractivity contribution in [2.24, 2.45) is 5.73 Å². The standard InChI is InChI=1S/C8H7F3N2OS2/c9-8(10,11)14-4-1-2-5(6(15)3-4)13-7(12)16/h1-3,15H,(H3,12,13,16). The van der Waals surface area contributed by atoms with Gasteiger partial charge in [-0.25, -0.2) is 0 Å². The predicted molar refractivity (Wildman–Crippen MR) is 60.8 cm³/mol. The summed E-state index contributed by atoms with van der Waals surface area (Å²) in [6, 6.07) is 3.58. The Morgan fingerprint density at radius 2 is 2.06 bits per heavy atom. The largest absolute Gasteiger partial charge is 0.573 e. The van der Waals surface area contributed by atoms with Crippen LogP contribution in [-0.2, 0) is 0 Å². The first-order valence-corrected chi connectivity index (χ1v) is 4.79. The molecule has 8 heteroatoms. The Balaban J connectivity index is 2.87. The van der Waals surface area contributed by atoms with Crippen molar-refractivity contribution in [2.75, 3.05) is 5.32 Å². The Labute approximate surface area is 100 Å². The Bertz CT molecular complexity index is 409. The van der Waals surface area contributed by atoms with Gasteiger partial charge in [-0.1, -0.05) is 0 Å². The highest BCUT2D eigenvalue weighted by molar-refractivity contribution is 7.81. The van der Waals surface area contributed by atoms with Crippen molar-refractivity contribution in [3.8, 4) is 5.75 Å². The second-order valence-corrected chi connectivity index (χ2v) is 3.64. The molecule has 0 bridgehead atoms. The molecule has 1 aromatic rings. The average Bonchev–Trinajstić information content (AvgIpc) is 2.06. The molecule has 0 fully saturated rings. The molecule has 0 atom stereocenters. The van der Waals surface area contributed by atoms with Gasteiger partial charge in [0.15, 0.2) is 5.11 Å². The van der Waals surface area contributed by atoms with Gasteiger partial charge in [0.25, 0.3) is 0 Å². The summed E-state index contributed by atoms with van der Waals surface area (Å²) in [5.41, 5.74) is 5.62. The SMILES string of the molecule is NC(=S)Nc1ccc(OC(F)(F)F)cc1S. The molecule has 0 aliphatic rings. The van der Waals surface area contributed by atoms with Gasteiger partial charge in [0.2, 0.25) is 0 Å². The highest BCUT2D eigenvalue weighted by atomic mass is 32.1. The summed E-state index contributed by atoms with van der Waals surface area (Å²) in [6.45, 7) is 0. The summed E-state index contributed by atoms with van der Waals surface area (Å²) in [5, 5.41) is 2.56. The van der Waals surface area contributed by atoms with Gasteiger partial charge < -0.3 is 15.8 Å². The second kappa shape index (κ2) is 4.79. The third-order valence-corrected chi connectivity index (χ3v) is 1.93. The van der Waals surface area contributed by atoms with E-state index in [9.17, 15) is 13.2 Å². The van der Waals surface area contributed by atoms with E-state index in [1.807, 2.05) is 0 Å². The quantitative estimate of drug-likeness (QED) is 0.570. The molecule has 0 heterocycles. The van der Waals surface area contributed by atoms with Crippen molar-refractivity contribution < 1.29 is 17.9 Å². The molecule has 0 saturated heterocycles. The van der Waals surface area contributed by atoms with Gasteiger partial charge in [0, 0.05) is 4.90 Å². The van der Waals surface area contributed by atoms with E-state index in [-0.39, 0.29) is 15.8 Å². The van der Waals surface area contributed by atoms with E-state index >= 15 is 0 Å². The monoisotopic (exact) mass is 268 g/mol. The van der Waals surface area contributed by atoms with Crippen molar-refractivity contribution in [1.29, 1.82) is 0 Å². The number of halogens is 3. The van der Waals surface area contributed by atoms with Gasteiger partial charge in [-0.05, 0) is 30.4 Å². The maximum atomic E-state index is 11.9. The van der Waals surface area contributed by atoms with E-state index in [0.717, 1.165) is 12.1 Å². The Morgan fingerprint density at radius 1 is 1.44 bits per heavy atom. The first-order valence-electron chi connectivity index (χ1n) is 3.93. The molecule has 0 aliphatic carbocycles. The lowest BCUT2D eigenvalue weighted by Gasteiger charge is -2.11. The molecule has 1 aromatic carbocycles. The zero-order valence-corrected chi connectivity index (χ0v) is 9.42. The summed E-state index contributed by atoms with van der Waals surface area (Å²) in [5.74, 6) is -0.356. The number of hydrogen-bond acceptors (Lipinski definition) is 3. The molecule has 3 nitrogen and oxygen atoms in total. The number of alkyl halides is 3. The maximum Gasteiger partial charge on any atom is 0.573 e. The van der Waals surface area contributed by atoms with Gasteiger partial charge in [0.05, 0.1) is 5.69 Å². The lowest BCUT2D eigenvalue weighted by molar-refractivity contribution is -0.274. The summed E-state index contributed by atoms with van der Waals surface area (Å²) in [4.78, 5) is 0.245. The van der Waals surface area contributed by atoms with Crippen LogP contribution in [0.2, 0.25) is 0 Å². The van der Waals surface area contributed by atoms with Crippen LogP contribution in [0.15, 0.2) is 23.1 Å². The first kappa shape index (κ1) is 12.9. The number of anilines is 1. The number of nitrogens with two attached hydrogens (primary N) is 1. The Kier molecular flexibility index (Phi) is 3.87. The summed E-state index contributed by atoms with van der Waals surface area (Å²) in [7, 11) is 0. The van der Waals surface area contributed by atoms with E-state index in [4.69, 9.17) is 5.73 Å². The number of thiol groups is 1. The minimum absolute atomic E-state index is 0.000195. The fraction of sp³-hybridized carbons (Fsp3) is 0.125. The van der Waals surface area contributed by atoms with E-state index < -0.39 is 6.36 Å². The smallest absolute Gasteiger partial charge is 0.406 e. The van der Waals surface area contributed by atoms with Gasteiger partial charge >= 0.3 is 6.36 Å². The maximum absolute atomic E-state index is 11.9. The van der Waals surface area contributed by atoms with Gasteiger partial charge in [-0.2, -0.15) is 0 Å². The number of rotatable bonds is 2. The lowest BCUT2D eigenvalue weighted by Crippen LogP contribution is -2.19. The molecule has 3 N–H and O–H groups in total. The topological polar surface area (TPSA) is 47.3 Å². The van der Waals surface area contributed by atoms with Crippen LogP contribution >= 0.6 is 24.8 Å². The minimum atomic E-state index is -4.72. The molecular formula is C8H7F3N2OS2. The third kappa shape index (κ3) is 4.15. The van der Waals surface area contributed by atoms with E-state index in [2.05, 4.69) is 34.9 Å². The molecule has 0 amide bonds. The number of thiocarbonyl (C=S) groups is 1. The molecule has 0 saturated carbocycles. The van der Waals surface area contributed by atoms with Crippen LogP contribution in [0.3, 0.4) is 0 Å². The van der Waals surface area contributed by atoms with Crippen molar-refractivity contribution in [3.63, 3.8) is 0 Å². The molecule has 0 aromatic heterocycles. The molecule has 1 rings (SSSR count). The first-order chi connectivity index (χ1) is 7.28. The zero-order valence-electron chi connectivity index (χ0n) is 7.71. The molecule has 0 unspecified atom stereocenters. The van der Waals surface area contributed by atoms with Crippen LogP contribution in [0.4, 0.5) is 18.9 Å². The van der Waals surface area contributed by atoms with Crippen LogP contribution < -0.4 is 15.8 Å². The number of hydrogen-bond donors (Lipinski definition) is 3. The molecular weight excluding hydrogens is 261 g/mol. The number of benzene rings is 1. The highest BCUT2D eigenvalue weighted by Crippen LogP contribution is 2.28. The van der Waals surface area contributed by atoms with Crippen LogP contribution in [0.25, 0.3) is 0 Å². The van der Waals surface area contributed by atoms with Gasteiger partial charge in [-0.15, -0.1) is 25.8 Å². The molecule has 0 aliphatic heterocycles. The van der Waals surface area contributed by atoms with Crippen LogP contribution in [0.5, 0.6) is 5.75 Å². The van der Waals surface area contributed by atoms with Gasteiger partial charge in [0.1, 0.15) is 5.75 Å². The molecule has 0 radical (unpaired) electrons. The molecule has 16 heavy (non-hydrogen) atoms. The molecule has 0 spiro atoms. The zero-order chi connectivity index (χ0) is 12.3. The van der Waals surface area contributed by atoms with E-state index in [0.29, 0.717) is 5.69 Å². The average molecular weight is 268 g/mol. The van der Waals surface area contributed by atoms with Crippen molar-refractivity contribution >= 4 is 35.6 Å². The summed E-state index contributed by atoms with van der Waals surface area (Å²) >= 11 is 8.55. The van der Waals surface area contributed by atoms with Crippen LogP contribution in [-0.4, -0.2) is 11.5 Å². The van der Waals surface area contributed by atoms with Gasteiger partial charge in [-0.3, -0.25) is 0 Å². The van der Waals surface area contributed by atoms with Crippen LogP contribution in [0.1, 0.15) is 0 Å². The van der Waals surface area contributed by atoms with E-state index in [1.165, 1.54) is 6.07 Å². The Morgan fingerprint density at radius 3 is 2.50 bits per heavy atom. The fourth-order valence-electron chi connectivity index (χ4n) is 0.947. The second-order valence-electron chi connectivity index (χ2n) is 2.72. The van der Waals surface area contributed by atoms with Crippen molar-refractivity contribution in [1.82, 2.24) is 0 Å². The number of ether oxygens (including phenoxy) is 1. The third-order valence-electron chi connectivity index (χ3n) is 1.46. The summed E-state index contributed by atoms with van der Waals surface area (Å²) < 4.78 is 39.3. The van der Waals surface area contributed by atoms with Crippen molar-refractivity contribution in [3.05, 3.63) is 18.2 Å². The summed E-state index contributed by atoms with van der Waals surface area (Å²) in [6.07, 6.45) is -4.72. The molecule has 88 valence electrons. The van der Waals surface area contributed by atoms with E-state index in [1.54, 1.807) is 0 Å². The lowest BCUT2D eigenvalue weighted by atomic mass is 10.3. The Hall–Kier alpha value is -1.15. The normalized spacial score (nSPS) is 11.0. The predicted octanol–water partition coefficient (Wildman–Crippen LogP) is 2.53.